The number of thioether (sulfide) groups is 1. The molecular weight excluding hydrogens is 611 g/mol. The second-order valence-corrected chi connectivity index (χ2v) is 10.8. The van der Waals surface area contributed by atoms with E-state index in [-0.39, 0.29) is 18.2 Å². The van der Waals surface area contributed by atoms with Crippen molar-refractivity contribution in [2.75, 3.05) is 5.75 Å². The highest BCUT2D eigenvalue weighted by molar-refractivity contribution is 9.10. The normalized spacial score (nSPS) is 11.7. The lowest BCUT2D eigenvalue weighted by Gasteiger charge is -2.12. The zero-order chi connectivity index (χ0) is 26.6. The topological polar surface area (TPSA) is 103 Å². The number of hydrogen-bond donors (Lipinski definition) is 1. The van der Waals surface area contributed by atoms with Crippen LogP contribution in [0.1, 0.15) is 18.3 Å². The van der Waals surface area contributed by atoms with Gasteiger partial charge < -0.3 is 0 Å². The number of carbonyl (C=O) groups excluding carboxylic acids is 1. The molecule has 3 aromatic carbocycles. The number of para-hydroxylation sites is 1. The molecule has 0 unspecified atom stereocenters. The first-order valence-corrected chi connectivity index (χ1v) is 13.8. The third-order valence-corrected chi connectivity index (χ3v) is 7.50. The first kappa shape index (κ1) is 26.4. The molecule has 9 nitrogen and oxygen atoms in total. The summed E-state index contributed by atoms with van der Waals surface area (Å²) in [5, 5.41) is 22.8. The summed E-state index contributed by atoms with van der Waals surface area (Å²) in [5.74, 6) is 0.344. The number of hydrazone groups is 1. The van der Waals surface area contributed by atoms with Crippen LogP contribution in [0.4, 0.5) is 0 Å². The first-order chi connectivity index (χ1) is 18.4. The highest BCUT2D eigenvalue weighted by atomic mass is 79.9. The number of carbonyl (C=O) groups is 1. The minimum absolute atomic E-state index is 0.0622. The average Bonchev–Trinajstić information content (AvgIpc) is 3.51. The third kappa shape index (κ3) is 5.91. The second kappa shape index (κ2) is 11.6. The molecule has 1 N–H and O–H groups in total. The smallest absolute Gasteiger partial charge is 0.250 e. The van der Waals surface area contributed by atoms with Crippen LogP contribution in [0, 0.1) is 0 Å². The minimum atomic E-state index is -0.285. The summed E-state index contributed by atoms with van der Waals surface area (Å²) in [6.45, 7) is 2.12. The van der Waals surface area contributed by atoms with E-state index >= 15 is 0 Å². The van der Waals surface area contributed by atoms with Crippen LogP contribution in [0.15, 0.2) is 81.5 Å². The average molecular weight is 630 g/mol. The predicted molar refractivity (Wildman–Crippen MR) is 153 cm³/mol. The van der Waals surface area contributed by atoms with Crippen LogP contribution in [0.3, 0.4) is 0 Å². The number of nitrogens with zero attached hydrogens (tertiary/aromatic N) is 7. The standard InChI is InChI=1S/C25H19BrCl2N8OS/c1-15(16-6-8-17(26)9-7-16)29-32-24(37)14-38-25-33-31-23(36(25)21-11-10-18(27)12-19(21)28)13-35-22-5-3-2-4-20(22)30-34-35/h2-12H,13-14H2,1H3,(H,32,37). The number of rotatable bonds is 8. The van der Waals surface area contributed by atoms with Crippen molar-refractivity contribution in [1.29, 1.82) is 0 Å². The van der Waals surface area contributed by atoms with Crippen molar-refractivity contribution in [3.63, 3.8) is 0 Å². The number of hydrogen-bond acceptors (Lipinski definition) is 7. The van der Waals surface area contributed by atoms with Gasteiger partial charge in [0.05, 0.1) is 27.7 Å². The molecule has 0 fully saturated rings. The number of fused-ring (bicyclic) bond motifs is 1. The number of nitrogens with one attached hydrogen (secondary N) is 1. The van der Waals surface area contributed by atoms with Gasteiger partial charge in [-0.1, -0.05) is 80.4 Å². The lowest BCUT2D eigenvalue weighted by Crippen LogP contribution is -2.21. The van der Waals surface area contributed by atoms with E-state index in [0.717, 1.165) is 21.1 Å². The van der Waals surface area contributed by atoms with Gasteiger partial charge in [-0.3, -0.25) is 9.36 Å². The Morgan fingerprint density at radius 2 is 1.84 bits per heavy atom. The van der Waals surface area contributed by atoms with Gasteiger partial charge in [0.1, 0.15) is 12.1 Å². The summed E-state index contributed by atoms with van der Waals surface area (Å²) < 4.78 is 4.50. The van der Waals surface area contributed by atoms with Gasteiger partial charge in [-0.15, -0.1) is 15.3 Å². The van der Waals surface area contributed by atoms with Crippen LogP contribution in [0.2, 0.25) is 10.0 Å². The van der Waals surface area contributed by atoms with Gasteiger partial charge in [-0.05, 0) is 55.0 Å². The Morgan fingerprint density at radius 1 is 1.05 bits per heavy atom. The molecule has 0 spiro atoms. The fourth-order valence-corrected chi connectivity index (χ4v) is 5.15. The van der Waals surface area contributed by atoms with E-state index in [1.165, 1.54) is 11.8 Å². The van der Waals surface area contributed by atoms with E-state index in [1.54, 1.807) is 27.4 Å². The molecule has 0 atom stereocenters. The zero-order valence-electron chi connectivity index (χ0n) is 19.8. The van der Waals surface area contributed by atoms with Crippen LogP contribution in [0.25, 0.3) is 16.7 Å². The molecule has 192 valence electrons. The van der Waals surface area contributed by atoms with Gasteiger partial charge in [0, 0.05) is 9.50 Å². The first-order valence-electron chi connectivity index (χ1n) is 11.3. The Kier molecular flexibility index (Phi) is 8.08. The Balaban J connectivity index is 1.38. The lowest BCUT2D eigenvalue weighted by atomic mass is 10.1. The second-order valence-electron chi connectivity index (χ2n) is 8.09. The SMILES string of the molecule is CC(=NNC(=O)CSc1nnc(Cn2nnc3ccccc32)n1-c1ccc(Cl)cc1Cl)c1ccc(Br)cc1. The fraction of sp³-hybridized carbons (Fsp3) is 0.120. The van der Waals surface area contributed by atoms with Crippen LogP contribution < -0.4 is 5.43 Å². The molecule has 1 amide bonds. The Bertz CT molecular complexity index is 1650. The van der Waals surface area contributed by atoms with Crippen molar-refractivity contribution in [3.05, 3.63) is 92.6 Å². The van der Waals surface area contributed by atoms with Gasteiger partial charge in [-0.2, -0.15) is 5.10 Å². The summed E-state index contributed by atoms with van der Waals surface area (Å²) in [6, 6.07) is 20.5. The molecule has 0 bridgehead atoms. The Morgan fingerprint density at radius 3 is 2.63 bits per heavy atom. The summed E-state index contributed by atoms with van der Waals surface area (Å²) in [5.41, 5.74) is 6.46. The molecule has 0 aliphatic heterocycles. The fourth-order valence-electron chi connectivity index (χ4n) is 3.63. The summed E-state index contributed by atoms with van der Waals surface area (Å²) in [7, 11) is 0. The van der Waals surface area contributed by atoms with E-state index in [4.69, 9.17) is 23.2 Å². The van der Waals surface area contributed by atoms with Gasteiger partial charge >= 0.3 is 0 Å². The van der Waals surface area contributed by atoms with Crippen LogP contribution in [-0.4, -0.2) is 47.1 Å². The molecule has 0 aliphatic carbocycles. The summed E-state index contributed by atoms with van der Waals surface area (Å²) in [4.78, 5) is 12.6. The van der Waals surface area contributed by atoms with Crippen LogP contribution >= 0.6 is 50.9 Å². The highest BCUT2D eigenvalue weighted by Crippen LogP contribution is 2.30. The van der Waals surface area contributed by atoms with E-state index < -0.39 is 0 Å². The lowest BCUT2D eigenvalue weighted by molar-refractivity contribution is -0.118. The maximum atomic E-state index is 12.6. The highest BCUT2D eigenvalue weighted by Gasteiger charge is 2.19. The quantitative estimate of drug-likeness (QED) is 0.133. The van der Waals surface area contributed by atoms with Gasteiger partial charge in [-0.25, -0.2) is 10.1 Å². The minimum Gasteiger partial charge on any atom is -0.272 e. The largest absolute Gasteiger partial charge is 0.272 e. The zero-order valence-corrected chi connectivity index (χ0v) is 23.8. The molecule has 0 saturated heterocycles. The molecular formula is C25H19BrCl2N8OS. The number of aromatic nitrogens is 6. The Hall–Kier alpha value is -3.25. The molecule has 38 heavy (non-hydrogen) atoms. The molecule has 0 aliphatic rings. The van der Waals surface area contributed by atoms with E-state index in [0.29, 0.717) is 32.4 Å². The van der Waals surface area contributed by atoms with Crippen molar-refractivity contribution in [2.45, 2.75) is 18.6 Å². The van der Waals surface area contributed by atoms with Gasteiger partial charge in [0.2, 0.25) is 0 Å². The predicted octanol–water partition coefficient (Wildman–Crippen LogP) is 5.76. The molecule has 5 rings (SSSR count). The van der Waals surface area contributed by atoms with Crippen molar-refractivity contribution < 1.29 is 4.79 Å². The monoisotopic (exact) mass is 628 g/mol. The molecule has 13 heteroatoms. The molecule has 2 aromatic heterocycles. The van der Waals surface area contributed by atoms with Gasteiger partial charge in [0.15, 0.2) is 11.0 Å². The molecule has 0 radical (unpaired) electrons. The number of amides is 1. The molecule has 5 aromatic rings. The maximum Gasteiger partial charge on any atom is 0.250 e. The summed E-state index contributed by atoms with van der Waals surface area (Å²) >= 11 is 17.3. The third-order valence-electron chi connectivity index (χ3n) is 5.51. The van der Waals surface area contributed by atoms with Crippen LogP contribution in [0.5, 0.6) is 0 Å². The van der Waals surface area contributed by atoms with Crippen molar-refractivity contribution in [2.24, 2.45) is 5.10 Å². The number of halogens is 3. The van der Waals surface area contributed by atoms with Crippen molar-refractivity contribution >= 4 is 73.5 Å². The van der Waals surface area contributed by atoms with E-state index in [9.17, 15) is 4.79 Å². The molecule has 2 heterocycles. The summed E-state index contributed by atoms with van der Waals surface area (Å²) in [6.07, 6.45) is 0. The Labute approximate surface area is 240 Å². The number of benzene rings is 3. The van der Waals surface area contributed by atoms with E-state index in [2.05, 4.69) is 47.0 Å². The van der Waals surface area contributed by atoms with E-state index in [1.807, 2.05) is 55.5 Å². The van der Waals surface area contributed by atoms with Crippen molar-refractivity contribution in [1.82, 2.24) is 35.2 Å². The van der Waals surface area contributed by atoms with Crippen molar-refractivity contribution in [3.8, 4) is 5.69 Å². The maximum absolute atomic E-state index is 12.6. The molecule has 0 saturated carbocycles. The van der Waals surface area contributed by atoms with Crippen LogP contribution in [-0.2, 0) is 11.3 Å². The van der Waals surface area contributed by atoms with Gasteiger partial charge in [0.25, 0.3) is 5.91 Å².